The summed E-state index contributed by atoms with van der Waals surface area (Å²) in [6.45, 7) is 0. The van der Waals surface area contributed by atoms with Crippen LogP contribution in [0.5, 0.6) is 0 Å². The van der Waals surface area contributed by atoms with Crippen molar-refractivity contribution < 1.29 is 0 Å². The fourth-order valence-corrected chi connectivity index (χ4v) is 14.0. The largest absolute Gasteiger partial charge is 0.309 e. The Morgan fingerprint density at radius 1 is 0.317 bits per heavy atom. The topological polar surface area (TPSA) is 9.86 Å². The summed E-state index contributed by atoms with van der Waals surface area (Å²) < 4.78 is 4.89. The summed E-state index contributed by atoms with van der Waals surface area (Å²) in [4.78, 5) is 5.42. The Hall–Kier alpha value is -7.59. The SMILES string of the molecule is C1=CC(S(c2ccccc2)(c2ccccc2)c2cccc(-n3c4ccccc4c4cc(-c5ccc6c(c5)c5ccccc5n6-c5cccc(-c6ccccc6)c5)ccc43)c2)=CCC1. The Balaban J connectivity index is 1.01. The first-order valence-electron chi connectivity index (χ1n) is 21.9. The number of allylic oxidation sites excluding steroid dienone is 3. The molecule has 0 aliphatic heterocycles. The molecule has 0 amide bonds. The normalized spacial score (nSPS) is 13.2. The highest BCUT2D eigenvalue weighted by Gasteiger charge is 2.35. The van der Waals surface area contributed by atoms with Gasteiger partial charge < -0.3 is 9.13 Å². The van der Waals surface area contributed by atoms with Gasteiger partial charge in [0.2, 0.25) is 0 Å². The van der Waals surface area contributed by atoms with Crippen molar-refractivity contribution in [3.8, 4) is 33.6 Å². The third-order valence-electron chi connectivity index (χ3n) is 12.8. The van der Waals surface area contributed by atoms with Gasteiger partial charge in [-0.2, -0.15) is 0 Å². The number of benzene rings is 9. The summed E-state index contributed by atoms with van der Waals surface area (Å²) in [7, 11) is -1.80. The van der Waals surface area contributed by atoms with Crippen LogP contribution in [0.15, 0.2) is 262 Å². The third kappa shape index (κ3) is 6.11. The smallest absolute Gasteiger partial charge is 0.0541 e. The number of hydrogen-bond donors (Lipinski definition) is 0. The van der Waals surface area contributed by atoms with E-state index in [0.717, 1.165) is 18.5 Å². The van der Waals surface area contributed by atoms with Crippen molar-refractivity contribution in [2.75, 3.05) is 0 Å². The van der Waals surface area contributed by atoms with Crippen LogP contribution in [0.4, 0.5) is 0 Å². The molecule has 2 aromatic heterocycles. The van der Waals surface area contributed by atoms with Crippen LogP contribution in [0.1, 0.15) is 12.8 Å². The second-order valence-corrected chi connectivity index (χ2v) is 19.5. The average molecular weight is 825 g/mol. The lowest BCUT2D eigenvalue weighted by Crippen LogP contribution is -2.08. The molecule has 2 nitrogen and oxygen atoms in total. The number of rotatable bonds is 8. The van der Waals surface area contributed by atoms with Crippen molar-refractivity contribution in [1.82, 2.24) is 9.13 Å². The van der Waals surface area contributed by atoms with Gasteiger partial charge in [0.05, 0.1) is 22.1 Å². The van der Waals surface area contributed by atoms with E-state index in [-0.39, 0.29) is 0 Å². The van der Waals surface area contributed by atoms with Crippen LogP contribution in [0, 0.1) is 0 Å². The summed E-state index contributed by atoms with van der Waals surface area (Å²) in [5.74, 6) is 0. The first-order chi connectivity index (χ1) is 31.3. The zero-order valence-corrected chi connectivity index (χ0v) is 35.6. The molecule has 0 unspecified atom stereocenters. The van der Waals surface area contributed by atoms with Crippen molar-refractivity contribution in [3.63, 3.8) is 0 Å². The van der Waals surface area contributed by atoms with Crippen molar-refractivity contribution in [2.45, 2.75) is 27.5 Å². The highest BCUT2D eigenvalue weighted by molar-refractivity contribution is 8.37. The minimum atomic E-state index is -1.80. The minimum Gasteiger partial charge on any atom is -0.309 e. The summed E-state index contributed by atoms with van der Waals surface area (Å²) in [5, 5.41) is 4.99. The average Bonchev–Trinajstić information content (AvgIpc) is 3.88. The number of aromatic nitrogens is 2. The summed E-state index contributed by atoms with van der Waals surface area (Å²) in [5.41, 5.74) is 12.0. The summed E-state index contributed by atoms with van der Waals surface area (Å²) in [6.07, 6.45) is 9.37. The fraction of sp³-hybridized carbons (Fsp3) is 0.0333. The maximum Gasteiger partial charge on any atom is 0.0541 e. The fourth-order valence-electron chi connectivity index (χ4n) is 10.0. The van der Waals surface area contributed by atoms with Gasteiger partial charge in [0, 0.05) is 47.6 Å². The molecule has 0 spiro atoms. The van der Waals surface area contributed by atoms with Crippen molar-refractivity contribution in [3.05, 3.63) is 248 Å². The van der Waals surface area contributed by atoms with Crippen molar-refractivity contribution >= 4 is 53.6 Å². The molecule has 0 N–H and O–H groups in total. The molecule has 1 aliphatic rings. The third-order valence-corrected chi connectivity index (χ3v) is 16.8. The first kappa shape index (κ1) is 37.2. The van der Waals surface area contributed by atoms with Crippen molar-refractivity contribution in [1.29, 1.82) is 0 Å². The van der Waals surface area contributed by atoms with Crippen LogP contribution >= 0.6 is 10.0 Å². The van der Waals surface area contributed by atoms with Gasteiger partial charge in [-0.3, -0.25) is 0 Å². The van der Waals surface area contributed by atoms with Gasteiger partial charge in [-0.1, -0.05) is 152 Å². The Morgan fingerprint density at radius 2 is 0.778 bits per heavy atom. The summed E-state index contributed by atoms with van der Waals surface area (Å²) in [6, 6.07) is 83.1. The lowest BCUT2D eigenvalue weighted by Gasteiger charge is -2.43. The first-order valence-corrected chi connectivity index (χ1v) is 23.5. The highest BCUT2D eigenvalue weighted by atomic mass is 32.3. The highest BCUT2D eigenvalue weighted by Crippen LogP contribution is 2.74. The van der Waals surface area contributed by atoms with E-state index in [9.17, 15) is 0 Å². The molecule has 300 valence electrons. The lowest BCUT2D eigenvalue weighted by molar-refractivity contribution is 1.03. The zero-order valence-electron chi connectivity index (χ0n) is 34.8. The predicted octanol–water partition coefficient (Wildman–Crippen LogP) is 16.7. The quantitative estimate of drug-likeness (QED) is 0.144. The van der Waals surface area contributed by atoms with E-state index in [1.165, 1.54) is 91.1 Å². The van der Waals surface area contributed by atoms with Gasteiger partial charge in [-0.15, -0.1) is 10.0 Å². The molecule has 2 heterocycles. The Bertz CT molecular complexity index is 3520. The van der Waals surface area contributed by atoms with Crippen LogP contribution in [-0.2, 0) is 0 Å². The molecule has 11 aromatic rings. The van der Waals surface area contributed by atoms with Crippen molar-refractivity contribution in [2.24, 2.45) is 0 Å². The number of para-hydroxylation sites is 2. The Morgan fingerprint density at radius 3 is 1.35 bits per heavy atom. The number of fused-ring (bicyclic) bond motifs is 6. The van der Waals surface area contributed by atoms with Gasteiger partial charge >= 0.3 is 0 Å². The molecule has 0 saturated carbocycles. The van der Waals surface area contributed by atoms with Crippen LogP contribution < -0.4 is 0 Å². The molecule has 0 bridgehead atoms. The number of nitrogens with zero attached hydrogens (tertiary/aromatic N) is 2. The second-order valence-electron chi connectivity index (χ2n) is 16.4. The molecular formula is C60H44N2S. The molecule has 63 heavy (non-hydrogen) atoms. The molecular weight excluding hydrogens is 781 g/mol. The van der Waals surface area contributed by atoms with E-state index in [0.29, 0.717) is 0 Å². The molecule has 0 fully saturated rings. The van der Waals surface area contributed by atoms with E-state index in [2.05, 4.69) is 252 Å². The predicted molar refractivity (Wildman–Crippen MR) is 268 cm³/mol. The second kappa shape index (κ2) is 15.4. The van der Waals surface area contributed by atoms with E-state index >= 15 is 0 Å². The lowest BCUT2D eigenvalue weighted by atomic mass is 10.0. The van der Waals surface area contributed by atoms with Crippen LogP contribution in [-0.4, -0.2) is 9.13 Å². The molecule has 9 aromatic carbocycles. The number of hydrogen-bond acceptors (Lipinski definition) is 0. The minimum absolute atomic E-state index is 1.05. The monoisotopic (exact) mass is 824 g/mol. The molecule has 0 atom stereocenters. The maximum atomic E-state index is 2.49. The van der Waals surface area contributed by atoms with E-state index in [4.69, 9.17) is 0 Å². The Kier molecular flexibility index (Phi) is 9.09. The van der Waals surface area contributed by atoms with Gasteiger partial charge in [-0.25, -0.2) is 0 Å². The van der Waals surface area contributed by atoms with E-state index < -0.39 is 10.0 Å². The standard InChI is InChI=1S/C60H44N2S/c1-5-19-43(20-6-1)44-21-17-22-47(39-44)61-57-33-15-13-31-53(57)55-40-45(35-37-59(55)61)46-36-38-60-56(41-46)54-32-14-16-34-58(54)62(60)48-23-18-30-52(42-48)63(49-24-7-2-8-25-49,50-26-9-3-10-27-50)51-28-11-4-12-29-51/h1-3,5-11,13-42H,4,12H2. The van der Waals surface area contributed by atoms with Crippen LogP contribution in [0.3, 0.4) is 0 Å². The van der Waals surface area contributed by atoms with E-state index in [1.807, 2.05) is 0 Å². The van der Waals surface area contributed by atoms with Gasteiger partial charge in [0.1, 0.15) is 0 Å². The molecule has 12 rings (SSSR count). The molecule has 0 saturated heterocycles. The van der Waals surface area contributed by atoms with Gasteiger partial charge in [0.15, 0.2) is 0 Å². The molecule has 0 radical (unpaired) electrons. The van der Waals surface area contributed by atoms with Crippen LogP contribution in [0.25, 0.3) is 77.2 Å². The molecule has 3 heteroatoms. The molecule has 1 aliphatic carbocycles. The van der Waals surface area contributed by atoms with Gasteiger partial charge in [0.25, 0.3) is 0 Å². The van der Waals surface area contributed by atoms with Crippen LogP contribution in [0.2, 0.25) is 0 Å². The Labute approximate surface area is 369 Å². The summed E-state index contributed by atoms with van der Waals surface area (Å²) >= 11 is 0. The maximum absolute atomic E-state index is 2.49. The van der Waals surface area contributed by atoms with E-state index in [1.54, 1.807) is 0 Å². The van der Waals surface area contributed by atoms with Gasteiger partial charge in [-0.05, 0) is 131 Å². The zero-order chi connectivity index (χ0) is 41.7.